The molecule has 0 unspecified atom stereocenters. The third-order valence-electron chi connectivity index (χ3n) is 2.03. The number of aryl methyl sites for hydroxylation is 1. The monoisotopic (exact) mass is 257 g/mol. The number of carbonyl (C=O) groups is 2. The molecule has 0 spiro atoms. The first-order valence-corrected chi connectivity index (χ1v) is 5.31. The van der Waals surface area contributed by atoms with Crippen molar-refractivity contribution in [3.05, 3.63) is 34.8 Å². The molecule has 1 aromatic rings. The lowest BCUT2D eigenvalue weighted by Crippen LogP contribution is -2.23. The Balaban J connectivity index is 2.88. The minimum atomic E-state index is -1.12. The van der Waals surface area contributed by atoms with Gasteiger partial charge in [-0.1, -0.05) is 25.1 Å². The highest BCUT2D eigenvalue weighted by Gasteiger charge is 2.19. The van der Waals surface area contributed by atoms with Gasteiger partial charge in [0.15, 0.2) is 5.76 Å². The Hall–Kier alpha value is -1.75. The molecule has 17 heavy (non-hydrogen) atoms. The Bertz CT molecular complexity index is 464. The van der Waals surface area contributed by atoms with Gasteiger partial charge >= 0.3 is 5.97 Å². The number of carboxylic acids is 1. The maximum absolute atomic E-state index is 11.6. The van der Waals surface area contributed by atoms with Crippen LogP contribution in [0.4, 0.5) is 0 Å². The predicted molar refractivity (Wildman–Crippen MR) is 62.4 cm³/mol. The van der Waals surface area contributed by atoms with Gasteiger partial charge in [-0.15, -0.1) is 0 Å². The Morgan fingerprint density at radius 1 is 1.59 bits per heavy atom. The zero-order valence-electron chi connectivity index (χ0n) is 9.25. The molecule has 92 valence electrons. The highest BCUT2D eigenvalue weighted by atomic mass is 35.5. The van der Waals surface area contributed by atoms with E-state index in [4.69, 9.17) is 21.1 Å². The maximum atomic E-state index is 11.6. The van der Waals surface area contributed by atoms with Crippen LogP contribution in [0.1, 0.15) is 33.6 Å². The van der Waals surface area contributed by atoms with Crippen LogP contribution in [0.5, 0.6) is 0 Å². The second-order valence-electron chi connectivity index (χ2n) is 3.31. The number of hydrogen-bond acceptors (Lipinski definition) is 3. The summed E-state index contributed by atoms with van der Waals surface area (Å²) >= 11 is 5.49. The minimum Gasteiger partial charge on any atom is -0.478 e. The van der Waals surface area contributed by atoms with Gasteiger partial charge in [-0.3, -0.25) is 4.79 Å². The lowest BCUT2D eigenvalue weighted by atomic mass is 10.2. The van der Waals surface area contributed by atoms with E-state index in [-0.39, 0.29) is 28.7 Å². The van der Waals surface area contributed by atoms with Gasteiger partial charge in [-0.2, -0.15) is 0 Å². The van der Waals surface area contributed by atoms with Crippen LogP contribution in [-0.4, -0.2) is 23.5 Å². The highest BCUT2D eigenvalue weighted by molar-refractivity contribution is 6.29. The van der Waals surface area contributed by atoms with Gasteiger partial charge in [0, 0.05) is 17.5 Å². The summed E-state index contributed by atoms with van der Waals surface area (Å²) in [4.78, 5) is 22.4. The topological polar surface area (TPSA) is 79.5 Å². The Morgan fingerprint density at radius 3 is 2.65 bits per heavy atom. The van der Waals surface area contributed by atoms with Crippen molar-refractivity contribution in [3.63, 3.8) is 0 Å². The molecule has 5 nitrogen and oxygen atoms in total. The van der Waals surface area contributed by atoms with Crippen LogP contribution >= 0.6 is 11.6 Å². The van der Waals surface area contributed by atoms with Crippen LogP contribution in [0.3, 0.4) is 0 Å². The standard InChI is InChI=1S/C11H12ClNO4/c1-3-8-7(11(15)16)4-9(17-8)10(14)13-5-6(2)12/h4H,2-3,5H2,1H3,(H,13,14)(H,15,16). The molecule has 0 aliphatic heterocycles. The zero-order chi connectivity index (χ0) is 13.0. The number of aromatic carboxylic acids is 1. The van der Waals surface area contributed by atoms with Gasteiger partial charge in [0.1, 0.15) is 11.3 Å². The van der Waals surface area contributed by atoms with Gasteiger partial charge < -0.3 is 14.8 Å². The summed E-state index contributed by atoms with van der Waals surface area (Å²) in [7, 11) is 0. The van der Waals surface area contributed by atoms with Crippen molar-refractivity contribution in [2.75, 3.05) is 6.54 Å². The SMILES string of the molecule is C=C(Cl)CNC(=O)c1cc(C(=O)O)c(CC)o1. The highest BCUT2D eigenvalue weighted by Crippen LogP contribution is 2.16. The third kappa shape index (κ3) is 3.35. The summed E-state index contributed by atoms with van der Waals surface area (Å²) in [6, 6.07) is 1.20. The third-order valence-corrected chi connectivity index (χ3v) is 2.16. The second kappa shape index (κ2) is 5.54. The average Bonchev–Trinajstić information content (AvgIpc) is 2.69. The van der Waals surface area contributed by atoms with Crippen molar-refractivity contribution < 1.29 is 19.1 Å². The van der Waals surface area contributed by atoms with Crippen molar-refractivity contribution in [3.8, 4) is 0 Å². The smallest absolute Gasteiger partial charge is 0.339 e. The number of carbonyl (C=O) groups excluding carboxylic acids is 1. The van der Waals surface area contributed by atoms with E-state index in [1.54, 1.807) is 6.92 Å². The van der Waals surface area contributed by atoms with Gasteiger partial charge in [0.2, 0.25) is 0 Å². The molecular formula is C11H12ClNO4. The molecule has 0 radical (unpaired) electrons. The Labute approximate surface area is 103 Å². The zero-order valence-corrected chi connectivity index (χ0v) is 10.0. The average molecular weight is 258 g/mol. The van der Waals surface area contributed by atoms with Crippen LogP contribution in [0.2, 0.25) is 0 Å². The molecule has 0 aliphatic rings. The number of amides is 1. The van der Waals surface area contributed by atoms with E-state index in [2.05, 4.69) is 11.9 Å². The number of halogens is 1. The van der Waals surface area contributed by atoms with Crippen molar-refractivity contribution in [2.24, 2.45) is 0 Å². The molecule has 0 bridgehead atoms. The van der Waals surface area contributed by atoms with E-state index < -0.39 is 11.9 Å². The number of rotatable bonds is 5. The lowest BCUT2D eigenvalue weighted by molar-refractivity contribution is 0.0694. The molecule has 1 heterocycles. The van der Waals surface area contributed by atoms with Crippen LogP contribution in [0.15, 0.2) is 22.1 Å². The first-order chi connectivity index (χ1) is 7.95. The molecule has 0 aromatic carbocycles. The van der Waals surface area contributed by atoms with Crippen LogP contribution in [0.25, 0.3) is 0 Å². The van der Waals surface area contributed by atoms with Crippen molar-refractivity contribution >= 4 is 23.5 Å². The normalized spacial score (nSPS) is 10.0. The molecular weight excluding hydrogens is 246 g/mol. The minimum absolute atomic E-state index is 0.00218. The van der Waals surface area contributed by atoms with Gasteiger partial charge in [-0.25, -0.2) is 4.79 Å². The lowest BCUT2D eigenvalue weighted by Gasteiger charge is -1.99. The van der Waals surface area contributed by atoms with E-state index in [0.29, 0.717) is 6.42 Å². The van der Waals surface area contributed by atoms with E-state index >= 15 is 0 Å². The molecule has 1 rings (SSSR count). The molecule has 1 aromatic heterocycles. The fraction of sp³-hybridized carbons (Fsp3) is 0.273. The molecule has 0 fully saturated rings. The summed E-state index contributed by atoms with van der Waals surface area (Å²) in [6.45, 7) is 5.26. The van der Waals surface area contributed by atoms with Crippen LogP contribution in [0, 0.1) is 0 Å². The van der Waals surface area contributed by atoms with E-state index in [9.17, 15) is 9.59 Å². The molecule has 2 N–H and O–H groups in total. The molecule has 6 heteroatoms. The number of hydrogen-bond donors (Lipinski definition) is 2. The first kappa shape index (κ1) is 13.3. The van der Waals surface area contributed by atoms with Gasteiger partial charge in [0.05, 0.1) is 6.54 Å². The molecule has 0 aliphatic carbocycles. The Kier molecular flexibility index (Phi) is 4.34. The van der Waals surface area contributed by atoms with E-state index in [1.165, 1.54) is 6.07 Å². The first-order valence-electron chi connectivity index (χ1n) is 4.93. The van der Waals surface area contributed by atoms with Gasteiger partial charge in [0.25, 0.3) is 5.91 Å². The van der Waals surface area contributed by atoms with Crippen molar-refractivity contribution in [1.29, 1.82) is 0 Å². The summed E-state index contributed by atoms with van der Waals surface area (Å²) in [5, 5.41) is 11.6. The summed E-state index contributed by atoms with van der Waals surface area (Å²) in [5.41, 5.74) is 0.00218. The number of carboxylic acid groups (broad SMARTS) is 1. The second-order valence-corrected chi connectivity index (χ2v) is 3.84. The summed E-state index contributed by atoms with van der Waals surface area (Å²) in [5.74, 6) is -1.41. The Morgan fingerprint density at radius 2 is 2.24 bits per heavy atom. The van der Waals surface area contributed by atoms with Crippen molar-refractivity contribution in [1.82, 2.24) is 5.32 Å². The van der Waals surface area contributed by atoms with Crippen LogP contribution < -0.4 is 5.32 Å². The van der Waals surface area contributed by atoms with E-state index in [1.807, 2.05) is 0 Å². The molecule has 0 saturated carbocycles. The summed E-state index contributed by atoms with van der Waals surface area (Å²) in [6.07, 6.45) is 0.400. The maximum Gasteiger partial charge on any atom is 0.339 e. The number of furan rings is 1. The molecule has 0 atom stereocenters. The van der Waals surface area contributed by atoms with E-state index in [0.717, 1.165) is 0 Å². The van der Waals surface area contributed by atoms with Gasteiger partial charge in [-0.05, 0) is 0 Å². The van der Waals surface area contributed by atoms with Crippen molar-refractivity contribution in [2.45, 2.75) is 13.3 Å². The van der Waals surface area contributed by atoms with Crippen LogP contribution in [-0.2, 0) is 6.42 Å². The molecule has 0 saturated heterocycles. The largest absolute Gasteiger partial charge is 0.478 e. The summed E-state index contributed by atoms with van der Waals surface area (Å²) < 4.78 is 5.15. The fourth-order valence-corrected chi connectivity index (χ4v) is 1.31. The quantitative estimate of drug-likeness (QED) is 0.846. The predicted octanol–water partition coefficient (Wildman–Crippen LogP) is 2.02. The number of nitrogens with one attached hydrogen (secondary N) is 1. The molecule has 1 amide bonds. The fourth-order valence-electron chi connectivity index (χ4n) is 1.25.